The first-order valence-corrected chi connectivity index (χ1v) is 4.49. The number of benzene rings is 1. The van der Waals surface area contributed by atoms with Gasteiger partial charge in [0.2, 0.25) is 0 Å². The summed E-state index contributed by atoms with van der Waals surface area (Å²) in [6, 6.07) is 1.59. The van der Waals surface area contributed by atoms with E-state index in [0.717, 1.165) is 6.07 Å². The zero-order chi connectivity index (χ0) is 12.3. The molecule has 6 heteroatoms. The lowest BCUT2D eigenvalue weighted by molar-refractivity contribution is -0.147. The SMILES string of the molecule is COc1ccc(CC(N)C(F)(F)F)c(F)c1. The van der Waals surface area contributed by atoms with Crippen molar-refractivity contribution in [3.8, 4) is 5.75 Å². The maximum Gasteiger partial charge on any atom is 0.403 e. The molecule has 0 aliphatic rings. The van der Waals surface area contributed by atoms with Gasteiger partial charge < -0.3 is 10.5 Å². The quantitative estimate of drug-likeness (QED) is 0.818. The average molecular weight is 237 g/mol. The first-order chi connectivity index (χ1) is 7.34. The van der Waals surface area contributed by atoms with Gasteiger partial charge in [0.25, 0.3) is 0 Å². The molecule has 0 radical (unpaired) electrons. The van der Waals surface area contributed by atoms with Crippen LogP contribution < -0.4 is 10.5 Å². The molecular formula is C10H11F4NO. The van der Waals surface area contributed by atoms with Crippen molar-refractivity contribution < 1.29 is 22.3 Å². The van der Waals surface area contributed by atoms with Crippen molar-refractivity contribution >= 4 is 0 Å². The van der Waals surface area contributed by atoms with Crippen molar-refractivity contribution in [3.05, 3.63) is 29.6 Å². The Morgan fingerprint density at radius 3 is 2.44 bits per heavy atom. The molecule has 2 nitrogen and oxygen atoms in total. The van der Waals surface area contributed by atoms with Crippen LogP contribution in [0.4, 0.5) is 17.6 Å². The number of halogens is 4. The normalized spacial score (nSPS) is 13.6. The lowest BCUT2D eigenvalue weighted by Gasteiger charge is -2.15. The Bertz CT molecular complexity index is 364. The first kappa shape index (κ1) is 12.8. The highest BCUT2D eigenvalue weighted by Gasteiger charge is 2.36. The van der Waals surface area contributed by atoms with Crippen molar-refractivity contribution in [3.63, 3.8) is 0 Å². The second-order valence-corrected chi connectivity index (χ2v) is 3.31. The first-order valence-electron chi connectivity index (χ1n) is 4.49. The lowest BCUT2D eigenvalue weighted by Crippen LogP contribution is -2.39. The van der Waals surface area contributed by atoms with Crippen LogP contribution in [0.25, 0.3) is 0 Å². The maximum atomic E-state index is 13.3. The molecule has 0 heterocycles. The fraction of sp³-hybridized carbons (Fsp3) is 0.400. The summed E-state index contributed by atoms with van der Waals surface area (Å²) in [5, 5.41) is 0. The highest BCUT2D eigenvalue weighted by atomic mass is 19.4. The molecule has 0 aromatic heterocycles. The number of ether oxygens (including phenoxy) is 1. The zero-order valence-corrected chi connectivity index (χ0v) is 8.51. The van der Waals surface area contributed by atoms with E-state index >= 15 is 0 Å². The van der Waals surface area contributed by atoms with E-state index in [0.29, 0.717) is 0 Å². The minimum absolute atomic E-state index is 0.0781. The molecular weight excluding hydrogens is 226 g/mol. The third-order valence-electron chi connectivity index (χ3n) is 2.12. The Labute approximate surface area is 90.0 Å². The Hall–Kier alpha value is -1.30. The molecule has 0 saturated heterocycles. The fourth-order valence-electron chi connectivity index (χ4n) is 1.17. The molecule has 2 N–H and O–H groups in total. The van der Waals surface area contributed by atoms with E-state index in [1.807, 2.05) is 0 Å². The van der Waals surface area contributed by atoms with E-state index in [1.54, 1.807) is 0 Å². The Balaban J connectivity index is 2.82. The smallest absolute Gasteiger partial charge is 0.403 e. The van der Waals surface area contributed by atoms with Gasteiger partial charge >= 0.3 is 6.18 Å². The fourth-order valence-corrected chi connectivity index (χ4v) is 1.17. The number of hydrogen-bond acceptors (Lipinski definition) is 2. The highest BCUT2D eigenvalue weighted by molar-refractivity contribution is 5.29. The minimum atomic E-state index is -4.52. The average Bonchev–Trinajstić information content (AvgIpc) is 2.19. The van der Waals surface area contributed by atoms with Crippen LogP contribution in [0, 0.1) is 5.82 Å². The summed E-state index contributed by atoms with van der Waals surface area (Å²) in [6.07, 6.45) is -5.11. The van der Waals surface area contributed by atoms with Gasteiger partial charge in [0.05, 0.1) is 7.11 Å². The molecule has 90 valence electrons. The number of nitrogens with two attached hydrogens (primary N) is 1. The van der Waals surface area contributed by atoms with Crippen LogP contribution in [0.2, 0.25) is 0 Å². The Morgan fingerprint density at radius 2 is 2.00 bits per heavy atom. The zero-order valence-electron chi connectivity index (χ0n) is 8.51. The van der Waals surface area contributed by atoms with Crippen LogP contribution in [0.5, 0.6) is 5.75 Å². The second-order valence-electron chi connectivity index (χ2n) is 3.31. The summed E-state index contributed by atoms with van der Waals surface area (Å²) in [6.45, 7) is 0. The molecule has 0 spiro atoms. The van der Waals surface area contributed by atoms with E-state index in [-0.39, 0.29) is 11.3 Å². The number of methoxy groups -OCH3 is 1. The van der Waals surface area contributed by atoms with Gasteiger partial charge in [-0.2, -0.15) is 13.2 Å². The van der Waals surface area contributed by atoms with Gasteiger partial charge in [-0.15, -0.1) is 0 Å². The predicted molar refractivity (Wildman–Crippen MR) is 50.7 cm³/mol. The van der Waals surface area contributed by atoms with Crippen molar-refractivity contribution in [1.82, 2.24) is 0 Å². The van der Waals surface area contributed by atoms with Crippen LogP contribution in [0.1, 0.15) is 5.56 Å². The summed E-state index contributed by atoms with van der Waals surface area (Å²) in [7, 11) is 1.34. The molecule has 1 rings (SSSR count). The van der Waals surface area contributed by atoms with Gasteiger partial charge in [0, 0.05) is 6.07 Å². The van der Waals surface area contributed by atoms with Gasteiger partial charge in [-0.25, -0.2) is 4.39 Å². The van der Waals surface area contributed by atoms with E-state index in [1.165, 1.54) is 19.2 Å². The maximum absolute atomic E-state index is 13.3. The van der Waals surface area contributed by atoms with Gasteiger partial charge in [-0.3, -0.25) is 0 Å². The standard InChI is InChI=1S/C10H11F4NO/c1-16-7-3-2-6(8(11)5-7)4-9(15)10(12,13)14/h2-3,5,9H,4,15H2,1H3. The Kier molecular flexibility index (Phi) is 3.74. The van der Waals surface area contributed by atoms with E-state index in [4.69, 9.17) is 10.5 Å². The number of alkyl halides is 3. The van der Waals surface area contributed by atoms with Crippen LogP contribution in [-0.2, 0) is 6.42 Å². The molecule has 0 saturated carbocycles. The van der Waals surface area contributed by atoms with Crippen LogP contribution in [0.3, 0.4) is 0 Å². The molecule has 1 atom stereocenters. The second kappa shape index (κ2) is 4.69. The van der Waals surface area contributed by atoms with Crippen LogP contribution in [-0.4, -0.2) is 19.3 Å². The third kappa shape index (κ3) is 3.10. The van der Waals surface area contributed by atoms with Gasteiger partial charge in [-0.1, -0.05) is 6.07 Å². The van der Waals surface area contributed by atoms with Crippen LogP contribution >= 0.6 is 0 Å². The molecule has 0 aliphatic carbocycles. The van der Waals surface area contributed by atoms with Gasteiger partial charge in [0.15, 0.2) is 0 Å². The minimum Gasteiger partial charge on any atom is -0.497 e. The van der Waals surface area contributed by atoms with Gasteiger partial charge in [-0.05, 0) is 18.1 Å². The third-order valence-corrected chi connectivity index (χ3v) is 2.12. The van der Waals surface area contributed by atoms with Gasteiger partial charge in [0.1, 0.15) is 17.6 Å². The number of rotatable bonds is 3. The molecule has 0 fully saturated rings. The molecule has 16 heavy (non-hydrogen) atoms. The Morgan fingerprint density at radius 1 is 1.38 bits per heavy atom. The number of hydrogen-bond donors (Lipinski definition) is 1. The predicted octanol–water partition coefficient (Wildman–Crippen LogP) is 2.27. The summed E-state index contributed by atoms with van der Waals surface area (Å²) < 4.78 is 54.4. The molecule has 1 aromatic rings. The molecule has 0 bridgehead atoms. The largest absolute Gasteiger partial charge is 0.497 e. The van der Waals surface area contributed by atoms with Crippen molar-refractivity contribution in [2.45, 2.75) is 18.6 Å². The topological polar surface area (TPSA) is 35.2 Å². The molecule has 1 unspecified atom stereocenters. The molecule has 0 aliphatic heterocycles. The molecule has 0 amide bonds. The summed E-state index contributed by atoms with van der Waals surface area (Å²) >= 11 is 0. The van der Waals surface area contributed by atoms with Crippen molar-refractivity contribution in [1.29, 1.82) is 0 Å². The monoisotopic (exact) mass is 237 g/mol. The van der Waals surface area contributed by atoms with E-state index < -0.39 is 24.5 Å². The summed E-state index contributed by atoms with van der Waals surface area (Å²) in [4.78, 5) is 0. The summed E-state index contributed by atoms with van der Waals surface area (Å²) in [5.41, 5.74) is 4.82. The van der Waals surface area contributed by atoms with Crippen molar-refractivity contribution in [2.75, 3.05) is 7.11 Å². The van der Waals surface area contributed by atoms with Crippen LogP contribution in [0.15, 0.2) is 18.2 Å². The molecule has 1 aromatic carbocycles. The highest BCUT2D eigenvalue weighted by Crippen LogP contribution is 2.24. The van der Waals surface area contributed by atoms with Crippen molar-refractivity contribution in [2.24, 2.45) is 5.73 Å². The van der Waals surface area contributed by atoms with E-state index in [9.17, 15) is 17.6 Å². The summed E-state index contributed by atoms with van der Waals surface area (Å²) in [5.74, 6) is -0.499. The van der Waals surface area contributed by atoms with E-state index in [2.05, 4.69) is 0 Å². The lowest BCUT2D eigenvalue weighted by atomic mass is 10.1.